The molecule has 1 unspecified atom stereocenters. The third kappa shape index (κ3) is 6.19. The van der Waals surface area contributed by atoms with Gasteiger partial charge in [0, 0.05) is 5.75 Å². The van der Waals surface area contributed by atoms with Crippen molar-refractivity contribution in [2.45, 2.75) is 58.8 Å². The molecule has 0 saturated carbocycles. The van der Waals surface area contributed by atoms with Gasteiger partial charge in [0.15, 0.2) is 0 Å². The Hall–Kier alpha value is -1.27. The van der Waals surface area contributed by atoms with E-state index in [2.05, 4.69) is 69.9 Å². The van der Waals surface area contributed by atoms with Gasteiger partial charge in [-0.1, -0.05) is 53.7 Å². The van der Waals surface area contributed by atoms with E-state index in [1.807, 2.05) is 6.07 Å². The zero-order valence-corrected chi connectivity index (χ0v) is 17.5. The second-order valence-electron chi connectivity index (χ2n) is 8.27. The van der Waals surface area contributed by atoms with Gasteiger partial charge in [0.25, 0.3) is 4.84 Å². The number of H-pyrrole nitrogens is 1. The van der Waals surface area contributed by atoms with Crippen LogP contribution in [-0.2, 0) is 11.2 Å². The number of thioether (sulfide) groups is 1. The Balaban J connectivity index is 2.04. The van der Waals surface area contributed by atoms with Crippen LogP contribution in [0.5, 0.6) is 5.75 Å². The third-order valence-electron chi connectivity index (χ3n) is 3.92. The van der Waals surface area contributed by atoms with Gasteiger partial charge in [0.05, 0.1) is 5.75 Å². The molecule has 0 aliphatic carbocycles. The van der Waals surface area contributed by atoms with Crippen molar-refractivity contribution in [1.29, 1.82) is 0 Å². The van der Waals surface area contributed by atoms with Crippen LogP contribution in [0.3, 0.4) is 0 Å². The summed E-state index contributed by atoms with van der Waals surface area (Å²) in [7, 11) is 0. The van der Waals surface area contributed by atoms with Gasteiger partial charge in [-0.3, -0.25) is 0 Å². The van der Waals surface area contributed by atoms with E-state index in [0.717, 1.165) is 11.5 Å². The Morgan fingerprint density at radius 2 is 1.96 bits per heavy atom. The summed E-state index contributed by atoms with van der Waals surface area (Å²) in [6, 6.07) is 8.40. The highest BCUT2D eigenvalue weighted by Crippen LogP contribution is 2.31. The van der Waals surface area contributed by atoms with Crippen molar-refractivity contribution >= 4 is 24.0 Å². The molecule has 6 heteroatoms. The zero-order chi connectivity index (χ0) is 18.7. The number of hydrogen-bond donors (Lipinski definition) is 1. The second kappa shape index (κ2) is 7.96. The van der Waals surface area contributed by atoms with Crippen molar-refractivity contribution in [3.63, 3.8) is 0 Å². The van der Waals surface area contributed by atoms with Crippen LogP contribution in [0, 0.1) is 10.3 Å². The topological polar surface area (TPSA) is 51.0 Å². The number of ether oxygens (including phenoxy) is 1. The van der Waals surface area contributed by atoms with Crippen LogP contribution in [0.15, 0.2) is 28.7 Å². The first-order chi connectivity index (χ1) is 11.6. The average molecular weight is 381 g/mol. The van der Waals surface area contributed by atoms with Gasteiger partial charge < -0.3 is 9.15 Å². The van der Waals surface area contributed by atoms with Gasteiger partial charge in [-0.25, -0.2) is 5.10 Å². The Morgan fingerprint density at radius 3 is 2.52 bits per heavy atom. The molecule has 0 radical (unpaired) electrons. The number of hydrogen-bond acceptors (Lipinski definition) is 5. The van der Waals surface area contributed by atoms with Crippen molar-refractivity contribution in [1.82, 2.24) is 10.2 Å². The lowest BCUT2D eigenvalue weighted by molar-refractivity contribution is 0.107. The summed E-state index contributed by atoms with van der Waals surface area (Å²) >= 11 is 6.64. The smallest absolute Gasteiger partial charge is 0.284 e. The lowest BCUT2D eigenvalue weighted by Crippen LogP contribution is -2.34. The van der Waals surface area contributed by atoms with Crippen LogP contribution in [0.2, 0.25) is 0 Å². The monoisotopic (exact) mass is 380 g/mol. The first-order valence-electron chi connectivity index (χ1n) is 8.45. The molecule has 138 valence electrons. The molecule has 1 aromatic carbocycles. The molecule has 1 atom stereocenters. The summed E-state index contributed by atoms with van der Waals surface area (Å²) in [6.45, 7) is 13.2. The minimum absolute atomic E-state index is 0.0244. The summed E-state index contributed by atoms with van der Waals surface area (Å²) in [5, 5.41) is 6.69. The predicted molar refractivity (Wildman–Crippen MR) is 107 cm³/mol. The molecule has 0 spiro atoms. The van der Waals surface area contributed by atoms with E-state index in [9.17, 15) is 0 Å². The maximum atomic E-state index is 6.36. The van der Waals surface area contributed by atoms with E-state index in [0.29, 0.717) is 16.5 Å². The van der Waals surface area contributed by atoms with E-state index >= 15 is 0 Å². The quantitative estimate of drug-likeness (QED) is 0.646. The van der Waals surface area contributed by atoms with E-state index < -0.39 is 0 Å². The fourth-order valence-electron chi connectivity index (χ4n) is 2.24. The normalized spacial score (nSPS) is 13.7. The molecule has 1 N–H and O–H groups in total. The van der Waals surface area contributed by atoms with Gasteiger partial charge >= 0.3 is 0 Å². The standard InChI is InChI=1S/C19H28N2O2S2/c1-18(2,3)13-8-7-9-14(10-13)22-15(19(4,5)6)11-25-12-16-20-21-17(24)23-16/h7-10,15H,11-12H2,1-6H3,(H,21,24). The van der Waals surface area contributed by atoms with Crippen LogP contribution in [0.4, 0.5) is 0 Å². The minimum atomic E-state index is 0.0244. The first kappa shape index (κ1) is 20.0. The number of aromatic nitrogens is 2. The molecule has 0 aliphatic heterocycles. The van der Waals surface area contributed by atoms with Crippen molar-refractivity contribution < 1.29 is 9.15 Å². The van der Waals surface area contributed by atoms with Gasteiger partial charge in [-0.05, 0) is 40.7 Å². The van der Waals surface area contributed by atoms with Crippen LogP contribution in [0.25, 0.3) is 0 Å². The van der Waals surface area contributed by atoms with Gasteiger partial charge in [0.2, 0.25) is 5.89 Å². The fourth-order valence-corrected chi connectivity index (χ4v) is 3.58. The second-order valence-corrected chi connectivity index (χ2v) is 9.67. The molecule has 2 rings (SSSR count). The van der Waals surface area contributed by atoms with Crippen molar-refractivity contribution in [3.8, 4) is 5.75 Å². The van der Waals surface area contributed by atoms with E-state index in [-0.39, 0.29) is 16.9 Å². The number of rotatable bonds is 6. The van der Waals surface area contributed by atoms with E-state index in [1.54, 1.807) is 11.8 Å². The maximum Gasteiger partial charge on any atom is 0.284 e. The summed E-state index contributed by atoms with van der Waals surface area (Å²) in [5.41, 5.74) is 1.41. The minimum Gasteiger partial charge on any atom is -0.489 e. The largest absolute Gasteiger partial charge is 0.489 e. The number of nitrogens with zero attached hydrogens (tertiary/aromatic N) is 1. The molecular formula is C19H28N2O2S2. The van der Waals surface area contributed by atoms with Crippen LogP contribution in [0.1, 0.15) is 53.0 Å². The van der Waals surface area contributed by atoms with E-state index in [1.165, 1.54) is 5.56 Å². The van der Waals surface area contributed by atoms with E-state index in [4.69, 9.17) is 21.4 Å². The molecule has 0 saturated heterocycles. The fraction of sp³-hybridized carbons (Fsp3) is 0.579. The molecule has 0 bridgehead atoms. The molecule has 25 heavy (non-hydrogen) atoms. The molecule has 0 amide bonds. The highest BCUT2D eigenvalue weighted by Gasteiger charge is 2.27. The van der Waals surface area contributed by atoms with Crippen LogP contribution >= 0.6 is 24.0 Å². The van der Waals surface area contributed by atoms with Crippen molar-refractivity contribution in [3.05, 3.63) is 40.6 Å². The highest BCUT2D eigenvalue weighted by atomic mass is 32.2. The number of benzene rings is 1. The Labute approximate surface area is 159 Å². The summed E-state index contributed by atoms with van der Waals surface area (Å²) in [6.07, 6.45) is 0.0784. The zero-order valence-electron chi connectivity index (χ0n) is 15.9. The summed E-state index contributed by atoms with van der Waals surface area (Å²) in [4.78, 5) is 0.318. The van der Waals surface area contributed by atoms with Gasteiger partial charge in [0.1, 0.15) is 11.9 Å². The predicted octanol–water partition coefficient (Wildman–Crippen LogP) is 5.76. The van der Waals surface area contributed by atoms with Crippen LogP contribution in [-0.4, -0.2) is 22.1 Å². The Bertz CT molecular complexity index is 739. The van der Waals surface area contributed by atoms with Crippen molar-refractivity contribution in [2.75, 3.05) is 5.75 Å². The molecule has 1 aromatic heterocycles. The Kier molecular flexibility index (Phi) is 6.38. The highest BCUT2D eigenvalue weighted by molar-refractivity contribution is 7.98. The lowest BCUT2D eigenvalue weighted by Gasteiger charge is -2.31. The third-order valence-corrected chi connectivity index (χ3v) is 5.09. The van der Waals surface area contributed by atoms with Gasteiger partial charge in [-0.15, -0.1) is 16.9 Å². The maximum absolute atomic E-state index is 6.36. The van der Waals surface area contributed by atoms with Crippen LogP contribution < -0.4 is 4.74 Å². The molecule has 2 aromatic rings. The van der Waals surface area contributed by atoms with Gasteiger partial charge in [-0.2, -0.15) is 0 Å². The molecule has 0 aliphatic rings. The number of nitrogens with one attached hydrogen (secondary N) is 1. The summed E-state index contributed by atoms with van der Waals surface area (Å²) < 4.78 is 11.7. The average Bonchev–Trinajstić information content (AvgIpc) is 2.90. The molecule has 1 heterocycles. The van der Waals surface area contributed by atoms with Crippen molar-refractivity contribution in [2.24, 2.45) is 5.41 Å². The molecule has 0 fully saturated rings. The molecular weight excluding hydrogens is 352 g/mol. The Morgan fingerprint density at radius 1 is 1.24 bits per heavy atom. The SMILES string of the molecule is CC(C)(C)c1cccc(OC(CSCc2n[nH]c(=S)o2)C(C)(C)C)c1. The lowest BCUT2D eigenvalue weighted by atomic mass is 9.87. The number of aromatic amines is 1. The summed E-state index contributed by atoms with van der Waals surface area (Å²) in [5.74, 6) is 3.06. The first-order valence-corrected chi connectivity index (χ1v) is 10.0. The molecule has 4 nitrogen and oxygen atoms in total.